The lowest BCUT2D eigenvalue weighted by Crippen LogP contribution is -2.43. The molecule has 0 saturated heterocycles. The first-order valence-corrected chi connectivity index (χ1v) is 7.19. The van der Waals surface area contributed by atoms with E-state index in [-0.39, 0.29) is 12.5 Å². The van der Waals surface area contributed by atoms with Crippen molar-refractivity contribution in [1.29, 1.82) is 0 Å². The maximum atomic E-state index is 11.8. The van der Waals surface area contributed by atoms with Crippen molar-refractivity contribution in [3.63, 3.8) is 0 Å². The van der Waals surface area contributed by atoms with Crippen LogP contribution in [0.5, 0.6) is 0 Å². The van der Waals surface area contributed by atoms with E-state index >= 15 is 0 Å². The Morgan fingerprint density at radius 1 is 1.40 bits per heavy atom. The van der Waals surface area contributed by atoms with Crippen LogP contribution in [0.1, 0.15) is 44.2 Å². The van der Waals surface area contributed by atoms with Gasteiger partial charge in [0.2, 0.25) is 5.91 Å². The molecule has 0 unspecified atom stereocenters. The first kappa shape index (κ1) is 14.9. The van der Waals surface area contributed by atoms with Crippen molar-refractivity contribution in [2.75, 3.05) is 6.54 Å². The van der Waals surface area contributed by atoms with Gasteiger partial charge in [-0.05, 0) is 12.8 Å². The summed E-state index contributed by atoms with van der Waals surface area (Å²) in [6, 6.07) is 0. The second-order valence-electron chi connectivity index (χ2n) is 5.53. The number of aliphatic hydroxyl groups is 1. The summed E-state index contributed by atoms with van der Waals surface area (Å²) in [5, 5.41) is 20.9. The third kappa shape index (κ3) is 4.28. The summed E-state index contributed by atoms with van der Waals surface area (Å²) in [6.07, 6.45) is 7.54. The summed E-state index contributed by atoms with van der Waals surface area (Å²) >= 11 is 0. The molecule has 1 aromatic heterocycles. The molecular weight excluding hydrogens is 258 g/mol. The molecule has 7 heteroatoms. The minimum Gasteiger partial charge on any atom is -0.388 e. The Bertz CT molecular complexity index is 438. The van der Waals surface area contributed by atoms with Crippen LogP contribution in [0.3, 0.4) is 0 Å². The van der Waals surface area contributed by atoms with Gasteiger partial charge in [-0.3, -0.25) is 4.79 Å². The first-order valence-electron chi connectivity index (χ1n) is 7.19. The molecule has 1 aromatic rings. The molecule has 1 fully saturated rings. The molecule has 1 amide bonds. The lowest BCUT2D eigenvalue weighted by Gasteiger charge is -2.26. The van der Waals surface area contributed by atoms with Gasteiger partial charge in [-0.25, -0.2) is 4.68 Å². The highest BCUT2D eigenvalue weighted by Gasteiger charge is 2.28. The summed E-state index contributed by atoms with van der Waals surface area (Å²) in [4.78, 5) is 11.8. The number of hydrogen-bond acceptors (Lipinski definition) is 5. The van der Waals surface area contributed by atoms with Gasteiger partial charge < -0.3 is 16.2 Å². The lowest BCUT2D eigenvalue weighted by atomic mass is 9.94. The maximum absolute atomic E-state index is 11.8. The number of rotatable bonds is 5. The number of nitrogens with one attached hydrogen (secondary N) is 1. The summed E-state index contributed by atoms with van der Waals surface area (Å²) in [5.41, 5.74) is 5.33. The van der Waals surface area contributed by atoms with E-state index in [0.29, 0.717) is 18.8 Å². The van der Waals surface area contributed by atoms with E-state index in [4.69, 9.17) is 5.73 Å². The molecule has 112 valence electrons. The summed E-state index contributed by atoms with van der Waals surface area (Å²) in [6.45, 7) is 0.717. The molecule has 1 aliphatic rings. The molecule has 20 heavy (non-hydrogen) atoms. The fraction of sp³-hybridized carbons (Fsp3) is 0.769. The zero-order chi connectivity index (χ0) is 14.4. The molecule has 0 atom stereocenters. The molecule has 0 spiro atoms. The van der Waals surface area contributed by atoms with Crippen LogP contribution in [-0.4, -0.2) is 38.2 Å². The van der Waals surface area contributed by atoms with Gasteiger partial charge in [-0.15, -0.1) is 5.10 Å². The van der Waals surface area contributed by atoms with Crippen LogP contribution < -0.4 is 11.1 Å². The number of hydrogen-bond donors (Lipinski definition) is 3. The van der Waals surface area contributed by atoms with Crippen LogP contribution in [0.25, 0.3) is 0 Å². The zero-order valence-corrected chi connectivity index (χ0v) is 11.7. The molecule has 0 bridgehead atoms. The molecule has 2 rings (SSSR count). The quantitative estimate of drug-likeness (QED) is 0.656. The van der Waals surface area contributed by atoms with Crippen molar-refractivity contribution in [1.82, 2.24) is 20.3 Å². The van der Waals surface area contributed by atoms with E-state index in [9.17, 15) is 9.90 Å². The molecule has 1 saturated carbocycles. The lowest BCUT2D eigenvalue weighted by molar-refractivity contribution is -0.123. The summed E-state index contributed by atoms with van der Waals surface area (Å²) in [7, 11) is 0. The van der Waals surface area contributed by atoms with E-state index in [2.05, 4.69) is 15.6 Å². The predicted molar refractivity (Wildman–Crippen MR) is 73.6 cm³/mol. The van der Waals surface area contributed by atoms with Crippen molar-refractivity contribution in [2.24, 2.45) is 5.73 Å². The Labute approximate surface area is 118 Å². The number of amides is 1. The minimum absolute atomic E-state index is 0.100. The molecular formula is C13H23N5O2. The molecule has 1 aliphatic carbocycles. The summed E-state index contributed by atoms with van der Waals surface area (Å²) in [5.74, 6) is -0.170. The number of carbonyl (C=O) groups excluding carboxylic acids is 1. The third-order valence-electron chi connectivity index (χ3n) is 3.75. The average molecular weight is 281 g/mol. The van der Waals surface area contributed by atoms with E-state index in [1.807, 2.05) is 0 Å². The SMILES string of the molecule is NCc1cn(CC(=O)NCC2(O)CCCCCC2)nn1. The minimum atomic E-state index is -0.753. The molecule has 0 radical (unpaired) electrons. The largest absolute Gasteiger partial charge is 0.388 e. The van der Waals surface area contributed by atoms with Crippen molar-refractivity contribution in [3.8, 4) is 0 Å². The normalized spacial score (nSPS) is 18.5. The molecule has 1 heterocycles. The Balaban J connectivity index is 1.79. The van der Waals surface area contributed by atoms with Gasteiger partial charge in [-0.1, -0.05) is 30.9 Å². The van der Waals surface area contributed by atoms with Crippen molar-refractivity contribution >= 4 is 5.91 Å². The standard InChI is InChI=1S/C13H23N5O2/c14-7-11-8-18(17-16-11)9-12(19)15-10-13(20)5-3-1-2-4-6-13/h8,20H,1-7,9-10,14H2,(H,15,19). The van der Waals surface area contributed by atoms with E-state index in [0.717, 1.165) is 38.5 Å². The van der Waals surface area contributed by atoms with Crippen LogP contribution in [0.4, 0.5) is 0 Å². The van der Waals surface area contributed by atoms with E-state index in [1.165, 1.54) is 4.68 Å². The predicted octanol–water partition coefficient (Wildman–Crippen LogP) is -0.0617. The second kappa shape index (κ2) is 6.81. The van der Waals surface area contributed by atoms with Crippen LogP contribution in [0, 0.1) is 0 Å². The highest BCUT2D eigenvalue weighted by Crippen LogP contribution is 2.26. The highest BCUT2D eigenvalue weighted by molar-refractivity contribution is 5.75. The van der Waals surface area contributed by atoms with Crippen molar-refractivity contribution in [3.05, 3.63) is 11.9 Å². The fourth-order valence-electron chi connectivity index (χ4n) is 2.54. The van der Waals surface area contributed by atoms with Gasteiger partial charge in [0.15, 0.2) is 0 Å². The van der Waals surface area contributed by atoms with E-state index < -0.39 is 5.60 Å². The average Bonchev–Trinajstić information content (AvgIpc) is 2.77. The maximum Gasteiger partial charge on any atom is 0.241 e. The highest BCUT2D eigenvalue weighted by atomic mass is 16.3. The smallest absolute Gasteiger partial charge is 0.241 e. The van der Waals surface area contributed by atoms with Crippen LogP contribution in [0.15, 0.2) is 6.20 Å². The topological polar surface area (TPSA) is 106 Å². The van der Waals surface area contributed by atoms with Gasteiger partial charge in [0.25, 0.3) is 0 Å². The van der Waals surface area contributed by atoms with Gasteiger partial charge in [0.05, 0.1) is 17.5 Å². The van der Waals surface area contributed by atoms with Gasteiger partial charge >= 0.3 is 0 Å². The summed E-state index contributed by atoms with van der Waals surface area (Å²) < 4.78 is 1.45. The molecule has 7 nitrogen and oxygen atoms in total. The van der Waals surface area contributed by atoms with Gasteiger partial charge in [0, 0.05) is 13.1 Å². The second-order valence-corrected chi connectivity index (χ2v) is 5.53. The number of nitrogens with two attached hydrogens (primary N) is 1. The first-order chi connectivity index (χ1) is 9.61. The fourth-order valence-corrected chi connectivity index (χ4v) is 2.54. The van der Waals surface area contributed by atoms with E-state index in [1.54, 1.807) is 6.20 Å². The number of nitrogens with zero attached hydrogens (tertiary/aromatic N) is 3. The van der Waals surface area contributed by atoms with Crippen LogP contribution in [0.2, 0.25) is 0 Å². The Kier molecular flexibility index (Phi) is 5.08. The zero-order valence-electron chi connectivity index (χ0n) is 11.7. The molecule has 4 N–H and O–H groups in total. The number of aromatic nitrogens is 3. The molecule has 0 aromatic carbocycles. The van der Waals surface area contributed by atoms with Crippen LogP contribution >= 0.6 is 0 Å². The monoisotopic (exact) mass is 281 g/mol. The van der Waals surface area contributed by atoms with Gasteiger partial charge in [0.1, 0.15) is 6.54 Å². The van der Waals surface area contributed by atoms with Crippen LogP contribution in [-0.2, 0) is 17.9 Å². The Morgan fingerprint density at radius 2 is 2.10 bits per heavy atom. The third-order valence-corrected chi connectivity index (χ3v) is 3.75. The molecule has 0 aliphatic heterocycles. The number of carbonyl (C=O) groups is 1. The van der Waals surface area contributed by atoms with Crippen molar-refractivity contribution < 1.29 is 9.90 Å². The van der Waals surface area contributed by atoms with Gasteiger partial charge in [-0.2, -0.15) is 0 Å². The Hall–Kier alpha value is -1.47. The van der Waals surface area contributed by atoms with Crippen molar-refractivity contribution in [2.45, 2.75) is 57.2 Å². The Morgan fingerprint density at radius 3 is 2.70 bits per heavy atom.